The fourth-order valence-electron chi connectivity index (χ4n) is 4.64. The van der Waals surface area contributed by atoms with Crippen LogP contribution in [0.4, 0.5) is 5.69 Å². The molecule has 2 amide bonds. The van der Waals surface area contributed by atoms with Crippen molar-refractivity contribution < 1.29 is 27.5 Å². The molecule has 1 heterocycles. The summed E-state index contributed by atoms with van der Waals surface area (Å²) < 4.78 is 40.4. The van der Waals surface area contributed by atoms with Crippen molar-refractivity contribution in [1.29, 1.82) is 0 Å². The fourth-order valence-corrected chi connectivity index (χ4v) is 6.39. The van der Waals surface area contributed by atoms with Gasteiger partial charge in [0.15, 0.2) is 11.5 Å². The van der Waals surface area contributed by atoms with Crippen molar-refractivity contribution in [3.63, 3.8) is 0 Å². The number of ether oxygens (including phenoxy) is 2. The molecule has 4 rings (SSSR count). The van der Waals surface area contributed by atoms with Crippen molar-refractivity contribution in [3.05, 3.63) is 82.3 Å². The molecule has 0 unspecified atom stereocenters. The Hall–Kier alpha value is -3.47. The van der Waals surface area contributed by atoms with Crippen LogP contribution < -0.4 is 19.1 Å². The van der Waals surface area contributed by atoms with E-state index in [2.05, 4.69) is 5.32 Å². The number of hydrogen-bond donors (Lipinski definition) is 1. The average molecular weight is 649 g/mol. The van der Waals surface area contributed by atoms with Crippen LogP contribution in [0, 0.1) is 0 Å². The van der Waals surface area contributed by atoms with E-state index >= 15 is 0 Å². The van der Waals surface area contributed by atoms with Gasteiger partial charge in [0.25, 0.3) is 10.0 Å². The molecule has 1 N–H and O–H groups in total. The van der Waals surface area contributed by atoms with Crippen LogP contribution in [0.2, 0.25) is 10.0 Å². The van der Waals surface area contributed by atoms with Crippen molar-refractivity contribution in [3.8, 4) is 11.5 Å². The second-order valence-electron chi connectivity index (χ2n) is 11.1. The number of carbonyl (C=O) groups excluding carboxylic acids is 2. The molecule has 3 aromatic carbocycles. The molecule has 0 aliphatic carbocycles. The first-order valence-electron chi connectivity index (χ1n) is 13.8. The molecule has 0 fully saturated rings. The molecule has 0 spiro atoms. The van der Waals surface area contributed by atoms with Gasteiger partial charge in [-0.15, -0.1) is 0 Å². The molecule has 0 saturated carbocycles. The Bertz CT molecular complexity index is 1580. The van der Waals surface area contributed by atoms with Crippen LogP contribution in [0.25, 0.3) is 0 Å². The molecular formula is C31H35Cl2N3O6S. The van der Waals surface area contributed by atoms with E-state index in [4.69, 9.17) is 32.7 Å². The summed E-state index contributed by atoms with van der Waals surface area (Å²) in [6.07, 6.45) is 0.282. The van der Waals surface area contributed by atoms with Gasteiger partial charge in [-0.2, -0.15) is 0 Å². The maximum atomic E-state index is 14.2. The van der Waals surface area contributed by atoms with Crippen LogP contribution in [0.3, 0.4) is 0 Å². The van der Waals surface area contributed by atoms with E-state index in [0.717, 1.165) is 4.31 Å². The van der Waals surface area contributed by atoms with Crippen molar-refractivity contribution in [2.24, 2.45) is 0 Å². The van der Waals surface area contributed by atoms with Crippen LogP contribution in [-0.4, -0.2) is 56.5 Å². The number of fused-ring (bicyclic) bond motifs is 1. The maximum absolute atomic E-state index is 14.2. The Labute approximate surface area is 262 Å². The molecule has 1 atom stereocenters. The lowest BCUT2D eigenvalue weighted by Crippen LogP contribution is -2.55. The quantitative estimate of drug-likeness (QED) is 0.303. The summed E-state index contributed by atoms with van der Waals surface area (Å²) in [6, 6.07) is 16.6. The van der Waals surface area contributed by atoms with Crippen LogP contribution >= 0.6 is 23.2 Å². The summed E-state index contributed by atoms with van der Waals surface area (Å²) in [5.41, 5.74) is 0.279. The Balaban J connectivity index is 1.77. The van der Waals surface area contributed by atoms with E-state index in [-0.39, 0.29) is 29.5 Å². The first-order valence-corrected chi connectivity index (χ1v) is 16.0. The van der Waals surface area contributed by atoms with E-state index in [9.17, 15) is 18.0 Å². The van der Waals surface area contributed by atoms with Crippen LogP contribution in [0.5, 0.6) is 11.5 Å². The van der Waals surface area contributed by atoms with Gasteiger partial charge in [0.1, 0.15) is 25.8 Å². The van der Waals surface area contributed by atoms with Gasteiger partial charge >= 0.3 is 0 Å². The topological polar surface area (TPSA) is 105 Å². The molecule has 12 heteroatoms. The minimum absolute atomic E-state index is 0.00578. The van der Waals surface area contributed by atoms with E-state index in [0.29, 0.717) is 40.3 Å². The van der Waals surface area contributed by atoms with Crippen molar-refractivity contribution >= 4 is 50.7 Å². The third-order valence-corrected chi connectivity index (χ3v) is 9.17. The highest BCUT2D eigenvalue weighted by molar-refractivity contribution is 7.92. The summed E-state index contributed by atoms with van der Waals surface area (Å²) in [5.74, 6) is -0.103. The smallest absolute Gasteiger partial charge is 0.264 e. The van der Waals surface area contributed by atoms with E-state index in [1.807, 2.05) is 20.8 Å². The van der Waals surface area contributed by atoms with E-state index < -0.39 is 34.1 Å². The molecule has 3 aromatic rings. The van der Waals surface area contributed by atoms with Crippen LogP contribution in [-0.2, 0) is 26.2 Å². The minimum atomic E-state index is -4.23. The summed E-state index contributed by atoms with van der Waals surface area (Å²) in [5, 5.41) is 3.59. The number of hydrogen-bond acceptors (Lipinski definition) is 6. The van der Waals surface area contributed by atoms with Crippen molar-refractivity contribution in [1.82, 2.24) is 10.2 Å². The zero-order valence-corrected chi connectivity index (χ0v) is 26.8. The molecule has 43 heavy (non-hydrogen) atoms. The third kappa shape index (κ3) is 7.93. The van der Waals surface area contributed by atoms with E-state index in [1.54, 1.807) is 55.5 Å². The van der Waals surface area contributed by atoms with Crippen molar-refractivity contribution in [2.45, 2.75) is 57.1 Å². The predicted molar refractivity (Wildman–Crippen MR) is 167 cm³/mol. The fraction of sp³-hybridized carbons (Fsp3) is 0.355. The number of carbonyl (C=O) groups is 2. The third-order valence-electron chi connectivity index (χ3n) is 6.64. The molecule has 1 aliphatic heterocycles. The molecule has 0 aromatic heterocycles. The van der Waals surface area contributed by atoms with E-state index in [1.165, 1.54) is 23.1 Å². The minimum Gasteiger partial charge on any atom is -0.486 e. The molecule has 230 valence electrons. The predicted octanol–water partition coefficient (Wildman–Crippen LogP) is 5.68. The number of amides is 2. The van der Waals surface area contributed by atoms with Crippen molar-refractivity contribution in [2.75, 3.05) is 24.1 Å². The number of anilines is 1. The molecule has 1 aliphatic rings. The second kappa shape index (κ2) is 13.4. The van der Waals surface area contributed by atoms with Gasteiger partial charge in [0, 0.05) is 18.2 Å². The summed E-state index contributed by atoms with van der Waals surface area (Å²) >= 11 is 12.4. The van der Waals surface area contributed by atoms with Gasteiger partial charge in [0.05, 0.1) is 20.6 Å². The Kier molecular flexibility index (Phi) is 10.1. The lowest BCUT2D eigenvalue weighted by atomic mass is 10.1. The lowest BCUT2D eigenvalue weighted by Gasteiger charge is -2.35. The monoisotopic (exact) mass is 647 g/mol. The Morgan fingerprint density at radius 3 is 2.23 bits per heavy atom. The number of nitrogens with zero attached hydrogens (tertiary/aromatic N) is 2. The average Bonchev–Trinajstić information content (AvgIpc) is 2.96. The molecular weight excluding hydrogens is 613 g/mol. The molecule has 0 bridgehead atoms. The van der Waals surface area contributed by atoms with Gasteiger partial charge < -0.3 is 19.7 Å². The molecule has 0 radical (unpaired) electrons. The number of nitrogens with one attached hydrogen (secondary N) is 1. The number of rotatable bonds is 10. The molecule has 0 saturated heterocycles. The van der Waals surface area contributed by atoms with Gasteiger partial charge in [-0.1, -0.05) is 54.4 Å². The summed E-state index contributed by atoms with van der Waals surface area (Å²) in [6.45, 7) is 7.41. The Morgan fingerprint density at radius 2 is 1.60 bits per heavy atom. The highest BCUT2D eigenvalue weighted by Gasteiger charge is 2.35. The highest BCUT2D eigenvalue weighted by Crippen LogP contribution is 2.36. The number of sulfonamides is 1. The first-order chi connectivity index (χ1) is 20.3. The summed E-state index contributed by atoms with van der Waals surface area (Å²) in [7, 11) is -4.23. The standard InChI is InChI=1S/C31H35Cl2N3O6S/c1-5-26(30(38)34-31(2,3)4)35(19-21-11-13-24(32)25(33)17-21)29(37)20-36(43(39,40)23-9-7-6-8-10-23)22-12-14-27-28(18-22)42-16-15-41-27/h6-14,17-18,26H,5,15-16,19-20H2,1-4H3,(H,34,38)/t26-/m1/s1. The highest BCUT2D eigenvalue weighted by atomic mass is 35.5. The largest absolute Gasteiger partial charge is 0.486 e. The number of benzene rings is 3. The second-order valence-corrected chi connectivity index (χ2v) is 13.8. The lowest BCUT2D eigenvalue weighted by molar-refractivity contribution is -0.141. The number of halogens is 2. The maximum Gasteiger partial charge on any atom is 0.264 e. The van der Waals surface area contributed by atoms with Gasteiger partial charge in [0.2, 0.25) is 11.8 Å². The SMILES string of the molecule is CC[C@H](C(=O)NC(C)(C)C)N(Cc1ccc(Cl)c(Cl)c1)C(=O)CN(c1ccc2c(c1)OCCO2)S(=O)(=O)c1ccccc1. The first kappa shape index (κ1) is 32.4. The van der Waals surface area contributed by atoms with Gasteiger partial charge in [-0.05, 0) is 69.2 Å². The zero-order chi connectivity index (χ0) is 31.4. The zero-order valence-electron chi connectivity index (χ0n) is 24.5. The summed E-state index contributed by atoms with van der Waals surface area (Å²) in [4.78, 5) is 29.1. The Morgan fingerprint density at radius 1 is 0.930 bits per heavy atom. The van der Waals surface area contributed by atoms with Gasteiger partial charge in [-0.3, -0.25) is 13.9 Å². The van der Waals surface area contributed by atoms with Gasteiger partial charge in [-0.25, -0.2) is 8.42 Å². The van der Waals surface area contributed by atoms with Crippen LogP contribution in [0.15, 0.2) is 71.6 Å². The van der Waals surface area contributed by atoms with Crippen LogP contribution in [0.1, 0.15) is 39.7 Å². The normalized spacial score (nSPS) is 13.6. The molecule has 9 nitrogen and oxygen atoms in total.